The van der Waals surface area contributed by atoms with Crippen LogP contribution in [-0.2, 0) is 21.4 Å². The van der Waals surface area contributed by atoms with Crippen molar-refractivity contribution in [2.24, 2.45) is 0 Å². The van der Waals surface area contributed by atoms with Gasteiger partial charge in [0.1, 0.15) is 0 Å². The first-order valence-electron chi connectivity index (χ1n) is 7.77. The van der Waals surface area contributed by atoms with Crippen LogP contribution in [0.2, 0.25) is 0 Å². The summed E-state index contributed by atoms with van der Waals surface area (Å²) in [6.07, 6.45) is -3.94. The number of hydrogen-bond acceptors (Lipinski definition) is 4. The van der Waals surface area contributed by atoms with Crippen LogP contribution >= 0.6 is 0 Å². The van der Waals surface area contributed by atoms with E-state index >= 15 is 0 Å². The van der Waals surface area contributed by atoms with Gasteiger partial charge in [-0.3, -0.25) is 14.3 Å². The highest BCUT2D eigenvalue weighted by Crippen LogP contribution is 2.16. The van der Waals surface area contributed by atoms with Gasteiger partial charge in [0.05, 0.1) is 6.26 Å². The van der Waals surface area contributed by atoms with Gasteiger partial charge in [0.25, 0.3) is 5.91 Å². The van der Waals surface area contributed by atoms with Gasteiger partial charge < -0.3 is 10.6 Å². The molecule has 0 aliphatic heterocycles. The van der Waals surface area contributed by atoms with Crippen LogP contribution in [0.4, 0.5) is 24.5 Å². The van der Waals surface area contributed by atoms with E-state index in [9.17, 15) is 31.2 Å². The lowest BCUT2D eigenvalue weighted by Gasteiger charge is -2.09. The van der Waals surface area contributed by atoms with Crippen LogP contribution in [0, 0.1) is 0 Å². The highest BCUT2D eigenvalue weighted by molar-refractivity contribution is 7.92. The summed E-state index contributed by atoms with van der Waals surface area (Å²) in [6.45, 7) is -0.304. The number of carbonyl (C=O) groups is 2. The second kappa shape index (κ2) is 8.30. The molecule has 150 valence electrons. The average molecular weight is 415 g/mol. The molecule has 0 atom stereocenters. The maximum atomic E-state index is 12.2. The van der Waals surface area contributed by atoms with Crippen molar-refractivity contribution in [1.29, 1.82) is 0 Å². The van der Waals surface area contributed by atoms with E-state index in [-0.39, 0.29) is 12.1 Å². The van der Waals surface area contributed by atoms with Gasteiger partial charge in [-0.1, -0.05) is 12.1 Å². The number of amides is 2. The van der Waals surface area contributed by atoms with Crippen LogP contribution in [0.3, 0.4) is 0 Å². The third-order valence-electron chi connectivity index (χ3n) is 3.37. The van der Waals surface area contributed by atoms with E-state index in [0.29, 0.717) is 16.9 Å². The standard InChI is InChI=1S/C17H16F3N3O4S/c1-28(26,27)23-14-8-4-12(5-9-14)15(24)22-13-6-2-11(3-7-13)10-21-16(25)17(18,19)20/h2-9,23H,10H2,1H3,(H,21,25)(H,22,24). The molecule has 0 fully saturated rings. The van der Waals surface area contributed by atoms with E-state index in [1.807, 2.05) is 0 Å². The number of rotatable bonds is 6. The van der Waals surface area contributed by atoms with Gasteiger partial charge in [-0.15, -0.1) is 0 Å². The summed E-state index contributed by atoms with van der Waals surface area (Å²) in [6, 6.07) is 11.6. The minimum atomic E-state index is -4.94. The molecule has 0 aliphatic carbocycles. The van der Waals surface area contributed by atoms with E-state index in [4.69, 9.17) is 0 Å². The smallest absolute Gasteiger partial charge is 0.344 e. The first-order chi connectivity index (χ1) is 12.9. The Balaban J connectivity index is 1.94. The first kappa shape index (κ1) is 21.2. The number of sulfonamides is 1. The van der Waals surface area contributed by atoms with E-state index in [1.54, 1.807) is 5.32 Å². The van der Waals surface area contributed by atoms with Crippen molar-refractivity contribution >= 4 is 33.2 Å². The van der Waals surface area contributed by atoms with Gasteiger partial charge in [0.2, 0.25) is 10.0 Å². The molecule has 0 saturated heterocycles. The predicted molar refractivity (Wildman–Crippen MR) is 97.2 cm³/mol. The van der Waals surface area contributed by atoms with Gasteiger partial charge in [-0.2, -0.15) is 13.2 Å². The average Bonchev–Trinajstić information content (AvgIpc) is 2.59. The lowest BCUT2D eigenvalue weighted by atomic mass is 10.1. The van der Waals surface area contributed by atoms with E-state index < -0.39 is 28.0 Å². The lowest BCUT2D eigenvalue weighted by Crippen LogP contribution is -2.36. The summed E-state index contributed by atoms with van der Waals surface area (Å²) in [5, 5.41) is 4.34. The molecular formula is C17H16F3N3O4S. The molecule has 3 N–H and O–H groups in total. The molecule has 0 heterocycles. The quantitative estimate of drug-likeness (QED) is 0.674. The fraction of sp³-hybridized carbons (Fsp3) is 0.176. The summed E-state index contributed by atoms with van der Waals surface area (Å²) >= 11 is 0. The summed E-state index contributed by atoms with van der Waals surface area (Å²) in [5.74, 6) is -2.48. The topological polar surface area (TPSA) is 104 Å². The Morgan fingerprint density at radius 1 is 0.929 bits per heavy atom. The van der Waals surface area contributed by atoms with E-state index in [1.165, 1.54) is 48.5 Å². The third-order valence-corrected chi connectivity index (χ3v) is 3.98. The van der Waals surface area contributed by atoms with Gasteiger partial charge in [-0.05, 0) is 42.0 Å². The summed E-state index contributed by atoms with van der Waals surface area (Å²) in [4.78, 5) is 23.0. The minimum Gasteiger partial charge on any atom is -0.344 e. The Hall–Kier alpha value is -3.08. The van der Waals surface area contributed by atoms with Crippen LogP contribution in [-0.4, -0.2) is 32.7 Å². The molecule has 0 radical (unpaired) electrons. The monoisotopic (exact) mass is 415 g/mol. The Labute approximate surface area is 159 Å². The number of benzene rings is 2. The maximum Gasteiger partial charge on any atom is 0.471 e. The van der Waals surface area contributed by atoms with Crippen molar-refractivity contribution in [3.05, 3.63) is 59.7 Å². The summed E-state index contributed by atoms with van der Waals surface area (Å²) < 4.78 is 61.0. The Morgan fingerprint density at radius 2 is 1.46 bits per heavy atom. The fourth-order valence-electron chi connectivity index (χ4n) is 2.10. The molecule has 0 saturated carbocycles. The van der Waals surface area contributed by atoms with Crippen LogP contribution in [0.15, 0.2) is 48.5 Å². The van der Waals surface area contributed by atoms with Crippen LogP contribution in [0.1, 0.15) is 15.9 Å². The number of anilines is 2. The highest BCUT2D eigenvalue weighted by atomic mass is 32.2. The van der Waals surface area contributed by atoms with Gasteiger partial charge in [0.15, 0.2) is 0 Å². The molecule has 11 heteroatoms. The van der Waals surface area contributed by atoms with Crippen LogP contribution < -0.4 is 15.4 Å². The Morgan fingerprint density at radius 3 is 1.96 bits per heavy atom. The van der Waals surface area contributed by atoms with Crippen LogP contribution in [0.25, 0.3) is 0 Å². The predicted octanol–water partition coefficient (Wildman–Crippen LogP) is 2.49. The normalized spacial score (nSPS) is 11.6. The second-order valence-electron chi connectivity index (χ2n) is 5.78. The van der Waals surface area contributed by atoms with Crippen molar-refractivity contribution in [3.63, 3.8) is 0 Å². The lowest BCUT2D eigenvalue weighted by molar-refractivity contribution is -0.173. The molecule has 0 unspecified atom stereocenters. The molecule has 0 aliphatic rings. The minimum absolute atomic E-state index is 0.278. The van der Waals surface area contributed by atoms with Gasteiger partial charge >= 0.3 is 12.1 Å². The number of hydrogen-bond donors (Lipinski definition) is 3. The van der Waals surface area contributed by atoms with E-state index in [2.05, 4.69) is 10.0 Å². The highest BCUT2D eigenvalue weighted by Gasteiger charge is 2.38. The van der Waals surface area contributed by atoms with Crippen molar-refractivity contribution in [3.8, 4) is 0 Å². The molecule has 2 aromatic rings. The number of carbonyl (C=O) groups excluding carboxylic acids is 2. The van der Waals surface area contributed by atoms with Crippen molar-refractivity contribution in [1.82, 2.24) is 5.32 Å². The first-order valence-corrected chi connectivity index (χ1v) is 9.66. The zero-order valence-corrected chi connectivity index (χ0v) is 15.3. The molecule has 0 spiro atoms. The van der Waals surface area contributed by atoms with Gasteiger partial charge in [-0.25, -0.2) is 8.42 Å². The molecule has 2 rings (SSSR count). The molecule has 7 nitrogen and oxygen atoms in total. The molecular weight excluding hydrogens is 399 g/mol. The van der Waals surface area contributed by atoms with Crippen molar-refractivity contribution < 1.29 is 31.2 Å². The molecule has 2 amide bonds. The van der Waals surface area contributed by atoms with Crippen molar-refractivity contribution in [2.45, 2.75) is 12.7 Å². The summed E-state index contributed by atoms with van der Waals surface area (Å²) in [5.41, 5.74) is 1.41. The molecule has 0 bridgehead atoms. The molecule has 0 aromatic heterocycles. The third kappa shape index (κ3) is 6.58. The number of halogens is 3. The molecule has 2 aromatic carbocycles. The van der Waals surface area contributed by atoms with Crippen LogP contribution in [0.5, 0.6) is 0 Å². The fourth-order valence-corrected chi connectivity index (χ4v) is 2.66. The number of alkyl halides is 3. The maximum absolute atomic E-state index is 12.2. The van der Waals surface area contributed by atoms with E-state index in [0.717, 1.165) is 6.26 Å². The Bertz CT molecular complexity index is 957. The number of nitrogens with one attached hydrogen (secondary N) is 3. The van der Waals surface area contributed by atoms with Crippen molar-refractivity contribution in [2.75, 3.05) is 16.3 Å². The zero-order chi connectivity index (χ0) is 20.9. The second-order valence-corrected chi connectivity index (χ2v) is 7.53. The largest absolute Gasteiger partial charge is 0.471 e. The van der Waals surface area contributed by atoms with Gasteiger partial charge in [0, 0.05) is 23.5 Å². The molecule has 28 heavy (non-hydrogen) atoms. The zero-order valence-electron chi connectivity index (χ0n) is 14.5. The summed E-state index contributed by atoms with van der Waals surface area (Å²) in [7, 11) is -3.42. The Kier molecular flexibility index (Phi) is 6.29. The SMILES string of the molecule is CS(=O)(=O)Nc1ccc(C(=O)Nc2ccc(CNC(=O)C(F)(F)F)cc2)cc1.